The monoisotopic (exact) mass is 187 g/mol. The van der Waals surface area contributed by atoms with Crippen LogP contribution in [0.3, 0.4) is 0 Å². The Balaban J connectivity index is 2.76. The fourth-order valence-corrected chi connectivity index (χ4v) is 1.51. The molecule has 0 saturated heterocycles. The SMILES string of the molecule is CCc1cc(N)c2cc(N)ccc2n1. The molecule has 1 aromatic heterocycles. The van der Waals surface area contributed by atoms with Crippen LogP contribution in [0.4, 0.5) is 11.4 Å². The first kappa shape index (κ1) is 8.81. The van der Waals surface area contributed by atoms with Crippen molar-refractivity contribution in [1.29, 1.82) is 0 Å². The third-order valence-electron chi connectivity index (χ3n) is 2.28. The molecule has 0 bridgehead atoms. The van der Waals surface area contributed by atoms with E-state index in [9.17, 15) is 0 Å². The highest BCUT2D eigenvalue weighted by atomic mass is 14.7. The summed E-state index contributed by atoms with van der Waals surface area (Å²) in [6, 6.07) is 7.51. The van der Waals surface area contributed by atoms with E-state index in [0.717, 1.165) is 34.4 Å². The van der Waals surface area contributed by atoms with Gasteiger partial charge in [-0.05, 0) is 30.7 Å². The number of nitrogens with two attached hydrogens (primary N) is 2. The smallest absolute Gasteiger partial charge is 0.0727 e. The van der Waals surface area contributed by atoms with Gasteiger partial charge in [-0.25, -0.2) is 0 Å². The lowest BCUT2D eigenvalue weighted by Gasteiger charge is -2.05. The Bertz CT molecular complexity index is 477. The summed E-state index contributed by atoms with van der Waals surface area (Å²) in [5.74, 6) is 0. The summed E-state index contributed by atoms with van der Waals surface area (Å²) in [6.45, 7) is 2.06. The molecule has 0 aliphatic carbocycles. The van der Waals surface area contributed by atoms with Crippen LogP contribution in [0.1, 0.15) is 12.6 Å². The average Bonchev–Trinajstić information content (AvgIpc) is 2.19. The normalized spacial score (nSPS) is 10.6. The topological polar surface area (TPSA) is 64.9 Å². The third kappa shape index (κ3) is 1.37. The lowest BCUT2D eigenvalue weighted by molar-refractivity contribution is 1.06. The zero-order chi connectivity index (χ0) is 10.1. The van der Waals surface area contributed by atoms with Gasteiger partial charge in [-0.1, -0.05) is 6.92 Å². The third-order valence-corrected chi connectivity index (χ3v) is 2.28. The van der Waals surface area contributed by atoms with Gasteiger partial charge in [-0.3, -0.25) is 4.98 Å². The summed E-state index contributed by atoms with van der Waals surface area (Å²) < 4.78 is 0. The Hall–Kier alpha value is -1.77. The van der Waals surface area contributed by atoms with Gasteiger partial charge in [0.25, 0.3) is 0 Å². The minimum atomic E-state index is 0.718. The second-order valence-corrected chi connectivity index (χ2v) is 3.33. The number of hydrogen-bond acceptors (Lipinski definition) is 3. The number of rotatable bonds is 1. The van der Waals surface area contributed by atoms with Crippen molar-refractivity contribution in [1.82, 2.24) is 4.98 Å². The number of anilines is 2. The number of nitrogens with zero attached hydrogens (tertiary/aromatic N) is 1. The highest BCUT2D eigenvalue weighted by molar-refractivity contribution is 5.92. The van der Waals surface area contributed by atoms with Crippen LogP contribution in [0.25, 0.3) is 10.9 Å². The van der Waals surface area contributed by atoms with Crippen molar-refractivity contribution in [2.45, 2.75) is 13.3 Å². The van der Waals surface area contributed by atoms with Gasteiger partial charge in [0, 0.05) is 22.5 Å². The van der Waals surface area contributed by atoms with Crippen LogP contribution in [0.2, 0.25) is 0 Å². The molecule has 0 aliphatic rings. The van der Waals surface area contributed by atoms with Crippen molar-refractivity contribution in [2.75, 3.05) is 11.5 Å². The van der Waals surface area contributed by atoms with Crippen molar-refractivity contribution in [2.24, 2.45) is 0 Å². The second-order valence-electron chi connectivity index (χ2n) is 3.33. The van der Waals surface area contributed by atoms with E-state index >= 15 is 0 Å². The average molecular weight is 187 g/mol. The number of nitrogen functional groups attached to an aromatic ring is 2. The molecule has 2 aromatic rings. The first-order valence-corrected chi connectivity index (χ1v) is 4.65. The molecule has 2 rings (SSSR count). The highest BCUT2D eigenvalue weighted by Crippen LogP contribution is 2.22. The van der Waals surface area contributed by atoms with Gasteiger partial charge >= 0.3 is 0 Å². The highest BCUT2D eigenvalue weighted by Gasteiger charge is 2.02. The minimum absolute atomic E-state index is 0.718. The van der Waals surface area contributed by atoms with Crippen LogP contribution >= 0.6 is 0 Å². The fraction of sp³-hybridized carbons (Fsp3) is 0.182. The molecule has 3 heteroatoms. The lowest BCUT2D eigenvalue weighted by atomic mass is 10.1. The van der Waals surface area contributed by atoms with Crippen LogP contribution in [-0.2, 0) is 6.42 Å². The van der Waals surface area contributed by atoms with Gasteiger partial charge < -0.3 is 11.5 Å². The number of benzene rings is 1. The fourth-order valence-electron chi connectivity index (χ4n) is 1.51. The maximum absolute atomic E-state index is 5.91. The molecule has 72 valence electrons. The first-order valence-electron chi connectivity index (χ1n) is 4.65. The first-order chi connectivity index (χ1) is 6.70. The molecule has 0 amide bonds. The maximum Gasteiger partial charge on any atom is 0.0727 e. The zero-order valence-electron chi connectivity index (χ0n) is 8.12. The van der Waals surface area contributed by atoms with E-state index in [1.807, 2.05) is 24.3 Å². The van der Waals surface area contributed by atoms with E-state index in [2.05, 4.69) is 11.9 Å². The molecule has 0 saturated carbocycles. The van der Waals surface area contributed by atoms with E-state index in [0.29, 0.717) is 0 Å². The zero-order valence-corrected chi connectivity index (χ0v) is 8.12. The van der Waals surface area contributed by atoms with E-state index in [4.69, 9.17) is 11.5 Å². The Morgan fingerprint density at radius 2 is 2.00 bits per heavy atom. The number of fused-ring (bicyclic) bond motifs is 1. The van der Waals surface area contributed by atoms with Crippen LogP contribution in [0.15, 0.2) is 24.3 Å². The molecule has 0 spiro atoms. The van der Waals surface area contributed by atoms with Crippen LogP contribution in [0.5, 0.6) is 0 Å². The van der Waals surface area contributed by atoms with Gasteiger partial charge in [0.15, 0.2) is 0 Å². The predicted octanol–water partition coefficient (Wildman–Crippen LogP) is 1.96. The lowest BCUT2D eigenvalue weighted by Crippen LogP contribution is -1.95. The summed E-state index contributed by atoms with van der Waals surface area (Å²) in [5, 5.41) is 0.933. The van der Waals surface area contributed by atoms with Gasteiger partial charge in [0.1, 0.15) is 0 Å². The van der Waals surface area contributed by atoms with Gasteiger partial charge in [0.2, 0.25) is 0 Å². The van der Waals surface area contributed by atoms with Crippen molar-refractivity contribution in [3.63, 3.8) is 0 Å². The Kier molecular flexibility index (Phi) is 2.00. The van der Waals surface area contributed by atoms with Crippen molar-refractivity contribution in [3.05, 3.63) is 30.0 Å². The van der Waals surface area contributed by atoms with Crippen LogP contribution in [0, 0.1) is 0 Å². The largest absolute Gasteiger partial charge is 0.399 e. The van der Waals surface area contributed by atoms with Crippen molar-refractivity contribution < 1.29 is 0 Å². The molecule has 0 fully saturated rings. The van der Waals surface area contributed by atoms with Crippen LogP contribution in [-0.4, -0.2) is 4.98 Å². The summed E-state index contributed by atoms with van der Waals surface area (Å²) >= 11 is 0. The standard InChI is InChI=1S/C11H13N3/c1-2-8-6-10(13)9-5-7(12)3-4-11(9)14-8/h3-6H,2,12H2,1H3,(H2,13,14). The summed E-state index contributed by atoms with van der Waals surface area (Å²) in [5.41, 5.74) is 15.0. The molecule has 0 aliphatic heterocycles. The molecule has 3 nitrogen and oxygen atoms in total. The number of aromatic nitrogens is 1. The van der Waals surface area contributed by atoms with Crippen LogP contribution < -0.4 is 11.5 Å². The summed E-state index contributed by atoms with van der Waals surface area (Å²) in [6.07, 6.45) is 0.893. The molecule has 0 radical (unpaired) electrons. The van der Waals surface area contributed by atoms with E-state index in [-0.39, 0.29) is 0 Å². The van der Waals surface area contributed by atoms with E-state index < -0.39 is 0 Å². The van der Waals surface area contributed by atoms with Crippen molar-refractivity contribution in [3.8, 4) is 0 Å². The Morgan fingerprint density at radius 3 is 2.71 bits per heavy atom. The molecule has 14 heavy (non-hydrogen) atoms. The van der Waals surface area contributed by atoms with Gasteiger partial charge in [0.05, 0.1) is 5.52 Å². The predicted molar refractivity (Wildman–Crippen MR) is 59.9 cm³/mol. The summed E-state index contributed by atoms with van der Waals surface area (Å²) in [4.78, 5) is 4.46. The van der Waals surface area contributed by atoms with Gasteiger partial charge in [-0.2, -0.15) is 0 Å². The molecule has 4 N–H and O–H groups in total. The Morgan fingerprint density at radius 1 is 1.21 bits per heavy atom. The van der Waals surface area contributed by atoms with E-state index in [1.54, 1.807) is 0 Å². The molecular formula is C11H13N3. The Labute approximate surface area is 82.7 Å². The summed E-state index contributed by atoms with van der Waals surface area (Å²) in [7, 11) is 0. The minimum Gasteiger partial charge on any atom is -0.399 e. The van der Waals surface area contributed by atoms with Gasteiger partial charge in [-0.15, -0.1) is 0 Å². The molecule has 0 atom stereocenters. The second kappa shape index (κ2) is 3.18. The molecule has 0 unspecified atom stereocenters. The number of aryl methyl sites for hydroxylation is 1. The molecule has 1 heterocycles. The van der Waals surface area contributed by atoms with E-state index in [1.165, 1.54) is 0 Å². The molecular weight excluding hydrogens is 174 g/mol. The quantitative estimate of drug-likeness (QED) is 0.671. The maximum atomic E-state index is 5.91. The molecule has 1 aromatic carbocycles. The number of hydrogen-bond donors (Lipinski definition) is 2. The number of pyridine rings is 1. The van der Waals surface area contributed by atoms with Crippen molar-refractivity contribution >= 4 is 22.3 Å².